The van der Waals surface area contributed by atoms with Crippen LogP contribution in [-0.2, 0) is 38.0 Å². The molecule has 0 bridgehead atoms. The number of rotatable bonds is 15. The second-order valence-electron chi connectivity index (χ2n) is 16.3. The van der Waals surface area contributed by atoms with Crippen LogP contribution in [0.3, 0.4) is 0 Å². The van der Waals surface area contributed by atoms with Crippen LogP contribution < -0.4 is 0 Å². The second-order valence-corrected chi connectivity index (χ2v) is 17.9. The summed E-state index contributed by atoms with van der Waals surface area (Å²) in [7, 11) is -4.25. The van der Waals surface area contributed by atoms with Crippen molar-refractivity contribution in [3.63, 3.8) is 0 Å². The van der Waals surface area contributed by atoms with E-state index in [1.807, 2.05) is 36.4 Å². The number of hydrogen-bond acceptors (Lipinski definition) is 4. The van der Waals surface area contributed by atoms with E-state index < -0.39 is 7.82 Å². The van der Waals surface area contributed by atoms with Gasteiger partial charge in [0.2, 0.25) is 0 Å². The smallest absolute Gasteiger partial charge is 0.282 e. The van der Waals surface area contributed by atoms with Gasteiger partial charge in [-0.3, -0.25) is 13.6 Å². The Kier molecular flexibility index (Phi) is 13.2. The third kappa shape index (κ3) is 9.64. The number of hydrogen-bond donors (Lipinski definition) is 0. The Morgan fingerprint density at radius 1 is 0.292 bits per heavy atom. The molecule has 0 aliphatic heterocycles. The van der Waals surface area contributed by atoms with E-state index in [4.69, 9.17) is 13.6 Å². The molecule has 9 aromatic carbocycles. The van der Waals surface area contributed by atoms with Gasteiger partial charge in [0, 0.05) is 0 Å². The molecule has 0 radical (unpaired) electrons. The molecular weight excluding hydrogens is 816 g/mol. The predicted octanol–water partition coefficient (Wildman–Crippen LogP) is 16.7. The summed E-state index contributed by atoms with van der Waals surface area (Å²) in [6, 6.07) is 74.9. The van der Waals surface area contributed by atoms with Crippen LogP contribution in [-0.4, -0.2) is 0 Å². The van der Waals surface area contributed by atoms with E-state index in [1.165, 1.54) is 0 Å². The van der Waals surface area contributed by atoms with Crippen LogP contribution >= 0.6 is 7.82 Å². The van der Waals surface area contributed by atoms with Gasteiger partial charge in [-0.25, -0.2) is 4.57 Å². The lowest BCUT2D eigenvalue weighted by molar-refractivity contribution is 0.0975. The second kappa shape index (κ2) is 19.9. The first kappa shape index (κ1) is 43.3. The van der Waals surface area contributed by atoms with Crippen molar-refractivity contribution in [3.8, 4) is 66.8 Å². The highest BCUT2D eigenvalue weighted by Crippen LogP contribution is 2.53. The highest BCUT2D eigenvalue weighted by molar-refractivity contribution is 7.48. The molecule has 0 amide bonds. The van der Waals surface area contributed by atoms with Gasteiger partial charge < -0.3 is 0 Å². The minimum absolute atomic E-state index is 0.0143. The van der Waals surface area contributed by atoms with Gasteiger partial charge in [0.25, 0.3) is 0 Å². The molecule has 320 valence electrons. The monoisotopic (exact) mass is 866 g/mol. The highest BCUT2D eigenvalue weighted by atomic mass is 31.2. The first-order valence-electron chi connectivity index (χ1n) is 22.1. The van der Waals surface area contributed by atoms with Crippen molar-refractivity contribution in [2.45, 2.75) is 40.6 Å². The molecule has 0 atom stereocenters. The Bertz CT molecular complexity index is 2730. The van der Waals surface area contributed by atoms with Crippen molar-refractivity contribution in [1.82, 2.24) is 0 Å². The van der Waals surface area contributed by atoms with Crippen LogP contribution in [0.1, 0.15) is 33.4 Å². The van der Waals surface area contributed by atoms with E-state index in [9.17, 15) is 0 Å². The van der Waals surface area contributed by atoms with Crippen molar-refractivity contribution in [1.29, 1.82) is 0 Å². The van der Waals surface area contributed by atoms with Gasteiger partial charge in [0.15, 0.2) is 0 Å². The average molecular weight is 867 g/mol. The molecule has 0 aliphatic carbocycles. The molecule has 0 spiro atoms. The van der Waals surface area contributed by atoms with E-state index in [0.717, 1.165) is 100 Å². The summed E-state index contributed by atoms with van der Waals surface area (Å²) in [6.07, 6.45) is 0. The Morgan fingerprint density at radius 2 is 0.508 bits per heavy atom. The molecule has 0 heterocycles. The zero-order chi connectivity index (χ0) is 44.6. The van der Waals surface area contributed by atoms with Crippen molar-refractivity contribution in [2.24, 2.45) is 0 Å². The van der Waals surface area contributed by atoms with Crippen LogP contribution in [0, 0.1) is 20.8 Å². The van der Waals surface area contributed by atoms with E-state index in [0.29, 0.717) is 0 Å². The first-order chi connectivity index (χ1) is 31.9. The Balaban J connectivity index is 1.08. The summed E-state index contributed by atoms with van der Waals surface area (Å²) in [4.78, 5) is 0. The summed E-state index contributed by atoms with van der Waals surface area (Å²) in [5.41, 5.74) is 19.0. The zero-order valence-electron chi connectivity index (χ0n) is 37.0. The van der Waals surface area contributed by atoms with Crippen molar-refractivity contribution < 1.29 is 18.1 Å². The Labute approximate surface area is 383 Å². The minimum atomic E-state index is -4.25. The molecule has 0 fully saturated rings. The fourth-order valence-corrected chi connectivity index (χ4v) is 9.91. The van der Waals surface area contributed by atoms with Crippen molar-refractivity contribution in [2.75, 3.05) is 0 Å². The Morgan fingerprint density at radius 3 is 0.738 bits per heavy atom. The summed E-state index contributed by atoms with van der Waals surface area (Å²) in [5, 5.41) is 0. The lowest BCUT2D eigenvalue weighted by Gasteiger charge is -2.23. The fourth-order valence-electron chi connectivity index (χ4n) is 8.80. The predicted molar refractivity (Wildman–Crippen MR) is 268 cm³/mol. The Hall–Kier alpha value is -6.91. The molecular formula is C60H51O4P. The summed E-state index contributed by atoms with van der Waals surface area (Å²) >= 11 is 0. The maximum absolute atomic E-state index is 15.3. The van der Waals surface area contributed by atoms with Crippen molar-refractivity contribution in [3.05, 3.63) is 252 Å². The third-order valence-electron chi connectivity index (χ3n) is 12.3. The largest absolute Gasteiger partial charge is 0.475 e. The maximum Gasteiger partial charge on any atom is 0.475 e. The minimum Gasteiger partial charge on any atom is -0.282 e. The molecule has 4 nitrogen and oxygen atoms in total. The molecule has 0 aliphatic rings. The quantitative estimate of drug-likeness (QED) is 0.0963. The maximum atomic E-state index is 15.3. The normalized spacial score (nSPS) is 11.4. The van der Waals surface area contributed by atoms with E-state index >= 15 is 4.57 Å². The molecule has 0 saturated heterocycles. The lowest BCUT2D eigenvalue weighted by Crippen LogP contribution is -2.06. The molecule has 65 heavy (non-hydrogen) atoms. The van der Waals surface area contributed by atoms with Crippen LogP contribution in [0.15, 0.2) is 218 Å². The van der Waals surface area contributed by atoms with Crippen LogP contribution in [0.4, 0.5) is 0 Å². The first-order valence-corrected chi connectivity index (χ1v) is 23.6. The summed E-state index contributed by atoms with van der Waals surface area (Å²) < 4.78 is 34.8. The van der Waals surface area contributed by atoms with Gasteiger partial charge in [-0.2, -0.15) is 0 Å². The summed E-state index contributed by atoms with van der Waals surface area (Å²) in [6.45, 7) is 6.35. The van der Waals surface area contributed by atoms with E-state index in [1.54, 1.807) is 0 Å². The highest BCUT2D eigenvalue weighted by Gasteiger charge is 2.30. The fraction of sp³-hybridized carbons (Fsp3) is 0.100. The van der Waals surface area contributed by atoms with Gasteiger partial charge in [-0.05, 0) is 121 Å². The third-order valence-corrected chi connectivity index (χ3v) is 13.6. The van der Waals surface area contributed by atoms with Crippen molar-refractivity contribution >= 4 is 7.82 Å². The molecule has 0 aromatic heterocycles. The number of phosphoric ester groups is 1. The molecule has 0 N–H and O–H groups in total. The zero-order valence-corrected chi connectivity index (χ0v) is 37.9. The lowest BCUT2D eigenvalue weighted by atomic mass is 9.88. The molecule has 0 unspecified atom stereocenters. The molecule has 9 rings (SSSR count). The average Bonchev–Trinajstić information content (AvgIpc) is 3.36. The molecule has 9 aromatic rings. The number of benzene rings is 9. The van der Waals surface area contributed by atoms with Gasteiger partial charge in [-0.15, -0.1) is 0 Å². The van der Waals surface area contributed by atoms with Gasteiger partial charge >= 0.3 is 7.82 Å². The number of phosphoric acid groups is 1. The standard InChI is InChI=1S/C60H51O4P/c1-43-52(34-37-55(46-22-10-4-11-23-46)58(43)49-28-16-7-17-29-49)40-62-65(61,63-41-53-35-38-56(47-24-12-5-13-25-47)59(44(53)2)50-30-18-8-19-31-50)64-42-54-36-39-57(48-26-14-6-15-27-48)60(45(54)3)51-32-20-9-21-33-51/h4-39H,40-42H2,1-3H3. The SMILES string of the molecule is Cc1c(COP(=O)(OCc2ccc(-c3ccccc3)c(-c3ccccc3)c2C)OCc2ccc(-c3ccccc3)c(-c3ccccc3)c2C)ccc(-c2ccccc2)c1-c1ccccc1. The molecule has 5 heteroatoms. The van der Waals surface area contributed by atoms with E-state index in [-0.39, 0.29) is 19.8 Å². The van der Waals surface area contributed by atoms with Gasteiger partial charge in [-0.1, -0.05) is 218 Å². The van der Waals surface area contributed by atoms with Crippen LogP contribution in [0.2, 0.25) is 0 Å². The van der Waals surface area contributed by atoms with Gasteiger partial charge in [0.1, 0.15) is 0 Å². The van der Waals surface area contributed by atoms with Gasteiger partial charge in [0.05, 0.1) is 19.8 Å². The summed E-state index contributed by atoms with van der Waals surface area (Å²) in [5.74, 6) is 0. The van der Waals surface area contributed by atoms with Crippen LogP contribution in [0.25, 0.3) is 66.8 Å². The molecule has 0 saturated carbocycles. The van der Waals surface area contributed by atoms with Crippen LogP contribution in [0.5, 0.6) is 0 Å². The topological polar surface area (TPSA) is 44.8 Å². The van der Waals surface area contributed by atoms with E-state index in [2.05, 4.69) is 203 Å².